The number of nitrogens with zero attached hydrogens (tertiary/aromatic N) is 2. The second kappa shape index (κ2) is 5.50. The maximum atomic E-state index is 11.4. The zero-order valence-corrected chi connectivity index (χ0v) is 10.5. The fraction of sp³-hybridized carbons (Fsp3) is 0.0833. The lowest BCUT2D eigenvalue weighted by Crippen LogP contribution is -2.06. The second-order valence-corrected chi connectivity index (χ2v) is 4.36. The number of rotatable bonds is 3. The van der Waals surface area contributed by atoms with Crippen LogP contribution in [0.4, 0.5) is 5.69 Å². The normalized spacial score (nSPS) is 10.1. The second-order valence-electron chi connectivity index (χ2n) is 3.35. The maximum absolute atomic E-state index is 11.4. The molecule has 0 saturated heterocycles. The molecule has 2 N–H and O–H groups in total. The van der Waals surface area contributed by atoms with Crippen LogP contribution in [-0.4, -0.2) is 23.0 Å². The fourth-order valence-corrected chi connectivity index (χ4v) is 2.05. The van der Waals surface area contributed by atoms with Crippen LogP contribution in [0.3, 0.4) is 0 Å². The van der Waals surface area contributed by atoms with E-state index < -0.39 is 5.97 Å². The number of carbonyl (C=O) groups is 1. The quantitative estimate of drug-likeness (QED) is 0.851. The summed E-state index contributed by atoms with van der Waals surface area (Å²) in [4.78, 5) is 19.7. The Kier molecular flexibility index (Phi) is 3.78. The van der Waals surface area contributed by atoms with Crippen LogP contribution in [0.15, 0.2) is 46.6 Å². The van der Waals surface area contributed by atoms with Gasteiger partial charge in [-0.05, 0) is 36.0 Å². The van der Waals surface area contributed by atoms with Crippen LogP contribution >= 0.6 is 11.8 Å². The number of carbonyl (C=O) groups excluding carboxylic acids is 1. The van der Waals surface area contributed by atoms with E-state index in [1.54, 1.807) is 12.3 Å². The van der Waals surface area contributed by atoms with Crippen LogP contribution < -0.4 is 5.73 Å². The lowest BCUT2D eigenvalue weighted by atomic mass is 10.3. The first-order valence-corrected chi connectivity index (χ1v) is 5.96. The number of hydrogen-bond donors (Lipinski definition) is 1. The van der Waals surface area contributed by atoms with E-state index >= 15 is 0 Å². The van der Waals surface area contributed by atoms with Gasteiger partial charge in [0, 0.05) is 6.20 Å². The van der Waals surface area contributed by atoms with E-state index in [1.165, 1.54) is 24.9 Å². The van der Waals surface area contributed by atoms with Gasteiger partial charge in [-0.2, -0.15) is 0 Å². The van der Waals surface area contributed by atoms with E-state index in [0.717, 1.165) is 5.03 Å². The Morgan fingerprint density at radius 3 is 2.83 bits per heavy atom. The average Bonchev–Trinajstić information content (AvgIpc) is 2.41. The molecule has 2 heterocycles. The largest absolute Gasteiger partial charge is 0.464 e. The fourth-order valence-electron chi connectivity index (χ4n) is 1.26. The van der Waals surface area contributed by atoms with Gasteiger partial charge in [0.15, 0.2) is 0 Å². The molecule has 0 aromatic carbocycles. The predicted octanol–water partition coefficient (Wildman–Crippen LogP) is 2.00. The summed E-state index contributed by atoms with van der Waals surface area (Å²) in [5, 5.41) is 1.30. The molecular weight excluding hydrogens is 250 g/mol. The monoisotopic (exact) mass is 261 g/mol. The van der Waals surface area contributed by atoms with Gasteiger partial charge in [0.05, 0.1) is 12.8 Å². The molecule has 2 rings (SSSR count). The molecule has 0 aliphatic carbocycles. The smallest absolute Gasteiger partial charge is 0.356 e. The molecule has 0 aliphatic heterocycles. The Morgan fingerprint density at radius 2 is 2.17 bits per heavy atom. The third-order valence-electron chi connectivity index (χ3n) is 2.12. The standard InChI is InChI=1S/C12H11N3O2S/c1-17-12(16)9-6-5-8(13)11(15-9)18-10-4-2-3-7-14-10/h2-7H,13H2,1H3. The highest BCUT2D eigenvalue weighted by molar-refractivity contribution is 7.99. The van der Waals surface area contributed by atoms with Crippen molar-refractivity contribution in [3.8, 4) is 0 Å². The Hall–Kier alpha value is -2.08. The van der Waals surface area contributed by atoms with E-state index in [9.17, 15) is 4.79 Å². The van der Waals surface area contributed by atoms with E-state index in [0.29, 0.717) is 10.7 Å². The molecule has 18 heavy (non-hydrogen) atoms. The van der Waals surface area contributed by atoms with Crippen molar-refractivity contribution in [3.63, 3.8) is 0 Å². The zero-order chi connectivity index (χ0) is 13.0. The molecular formula is C12H11N3O2S. The molecule has 2 aromatic rings. The summed E-state index contributed by atoms with van der Waals surface area (Å²) >= 11 is 1.30. The number of nitrogen functional groups attached to an aromatic ring is 1. The molecule has 2 aromatic heterocycles. The highest BCUT2D eigenvalue weighted by Gasteiger charge is 2.11. The molecule has 0 radical (unpaired) electrons. The summed E-state index contributed by atoms with van der Waals surface area (Å²) in [6, 6.07) is 8.70. The number of pyridine rings is 2. The molecule has 6 heteroatoms. The first-order valence-electron chi connectivity index (χ1n) is 5.14. The summed E-state index contributed by atoms with van der Waals surface area (Å²) in [6.07, 6.45) is 1.68. The van der Waals surface area contributed by atoms with Crippen molar-refractivity contribution in [2.45, 2.75) is 10.1 Å². The summed E-state index contributed by atoms with van der Waals surface area (Å²) in [5.74, 6) is -0.488. The lowest BCUT2D eigenvalue weighted by Gasteiger charge is -2.05. The van der Waals surface area contributed by atoms with Gasteiger partial charge in [-0.1, -0.05) is 6.07 Å². The van der Waals surface area contributed by atoms with Gasteiger partial charge in [0.2, 0.25) is 0 Å². The van der Waals surface area contributed by atoms with Crippen molar-refractivity contribution in [2.75, 3.05) is 12.8 Å². The highest BCUT2D eigenvalue weighted by Crippen LogP contribution is 2.28. The van der Waals surface area contributed by atoms with Crippen LogP contribution in [0.25, 0.3) is 0 Å². The Bertz CT molecular complexity index is 561. The SMILES string of the molecule is COC(=O)c1ccc(N)c(Sc2ccccn2)n1. The van der Waals surface area contributed by atoms with Crippen molar-refractivity contribution in [2.24, 2.45) is 0 Å². The summed E-state index contributed by atoms with van der Waals surface area (Å²) < 4.78 is 4.61. The van der Waals surface area contributed by atoms with Crippen molar-refractivity contribution in [1.29, 1.82) is 0 Å². The minimum absolute atomic E-state index is 0.227. The number of hydrogen-bond acceptors (Lipinski definition) is 6. The van der Waals surface area contributed by atoms with Crippen molar-refractivity contribution in [1.82, 2.24) is 9.97 Å². The van der Waals surface area contributed by atoms with E-state index in [1.807, 2.05) is 18.2 Å². The number of esters is 1. The van der Waals surface area contributed by atoms with Crippen LogP contribution in [-0.2, 0) is 4.74 Å². The van der Waals surface area contributed by atoms with Gasteiger partial charge in [-0.3, -0.25) is 0 Å². The van der Waals surface area contributed by atoms with Crippen LogP contribution in [0.2, 0.25) is 0 Å². The third kappa shape index (κ3) is 2.78. The Morgan fingerprint density at radius 1 is 1.33 bits per heavy atom. The van der Waals surface area contributed by atoms with Crippen LogP contribution in [0, 0.1) is 0 Å². The number of aromatic nitrogens is 2. The molecule has 0 fully saturated rings. The van der Waals surface area contributed by atoms with Gasteiger partial charge in [0.1, 0.15) is 15.7 Å². The molecule has 92 valence electrons. The van der Waals surface area contributed by atoms with Gasteiger partial charge in [-0.15, -0.1) is 0 Å². The van der Waals surface area contributed by atoms with Gasteiger partial charge in [0.25, 0.3) is 0 Å². The van der Waals surface area contributed by atoms with Gasteiger partial charge < -0.3 is 10.5 Å². The van der Waals surface area contributed by atoms with Gasteiger partial charge >= 0.3 is 5.97 Å². The Labute approximate surface area is 108 Å². The minimum atomic E-state index is -0.488. The van der Waals surface area contributed by atoms with Gasteiger partial charge in [-0.25, -0.2) is 14.8 Å². The van der Waals surface area contributed by atoms with E-state index in [-0.39, 0.29) is 5.69 Å². The molecule has 0 spiro atoms. The molecule has 0 aliphatic rings. The van der Waals surface area contributed by atoms with Crippen LogP contribution in [0.1, 0.15) is 10.5 Å². The average molecular weight is 261 g/mol. The highest BCUT2D eigenvalue weighted by atomic mass is 32.2. The first-order chi connectivity index (χ1) is 8.70. The zero-order valence-electron chi connectivity index (χ0n) is 9.66. The first kappa shape index (κ1) is 12.4. The third-order valence-corrected chi connectivity index (χ3v) is 3.09. The molecule has 0 saturated carbocycles. The number of nitrogens with two attached hydrogens (primary N) is 1. The van der Waals surface area contributed by atoms with E-state index in [4.69, 9.17) is 5.73 Å². The van der Waals surface area contributed by atoms with Crippen molar-refractivity contribution >= 4 is 23.4 Å². The predicted molar refractivity (Wildman–Crippen MR) is 68.3 cm³/mol. The van der Waals surface area contributed by atoms with Crippen LogP contribution in [0.5, 0.6) is 0 Å². The molecule has 0 unspecified atom stereocenters. The number of ether oxygens (including phenoxy) is 1. The minimum Gasteiger partial charge on any atom is -0.464 e. The Balaban J connectivity index is 2.30. The lowest BCUT2D eigenvalue weighted by molar-refractivity contribution is 0.0593. The summed E-state index contributed by atoms with van der Waals surface area (Å²) in [6.45, 7) is 0. The summed E-state index contributed by atoms with van der Waals surface area (Å²) in [5.41, 5.74) is 6.54. The summed E-state index contributed by atoms with van der Waals surface area (Å²) in [7, 11) is 1.31. The number of anilines is 1. The molecule has 5 nitrogen and oxygen atoms in total. The number of methoxy groups -OCH3 is 1. The van der Waals surface area contributed by atoms with E-state index in [2.05, 4.69) is 14.7 Å². The molecule has 0 atom stereocenters. The molecule has 0 amide bonds. The van der Waals surface area contributed by atoms with Crippen molar-refractivity contribution in [3.05, 3.63) is 42.2 Å². The topological polar surface area (TPSA) is 78.1 Å². The van der Waals surface area contributed by atoms with Crippen molar-refractivity contribution < 1.29 is 9.53 Å². The maximum Gasteiger partial charge on any atom is 0.356 e. The molecule has 0 bridgehead atoms.